The summed E-state index contributed by atoms with van der Waals surface area (Å²) < 4.78 is 57.7. The van der Waals surface area contributed by atoms with E-state index in [2.05, 4.69) is 4.90 Å². The number of sulfonamides is 1. The molecule has 3 aliphatic heterocycles. The molecule has 1 atom stereocenters. The molecule has 0 bridgehead atoms. The predicted octanol–water partition coefficient (Wildman–Crippen LogP) is 2.31. The second-order valence-corrected chi connectivity index (χ2v) is 11.2. The van der Waals surface area contributed by atoms with Crippen molar-refractivity contribution in [2.24, 2.45) is 5.92 Å². The molecule has 2 saturated heterocycles. The molecular weight excluding hydrogens is 489 g/mol. The average Bonchev–Trinajstić information content (AvgIpc) is 3.37. The fraction of sp³-hybridized carbons (Fsp3) is 0.480. The van der Waals surface area contributed by atoms with Gasteiger partial charge in [-0.25, -0.2) is 12.8 Å². The second kappa shape index (κ2) is 10.2. The smallest absolute Gasteiger partial charge is 0.246 e. The first-order valence-corrected chi connectivity index (χ1v) is 13.5. The van der Waals surface area contributed by atoms with Crippen LogP contribution in [0.1, 0.15) is 18.4 Å². The lowest BCUT2D eigenvalue weighted by Crippen LogP contribution is -2.52. The molecular formula is C25H30FN3O6S. The van der Waals surface area contributed by atoms with Crippen molar-refractivity contribution in [3.05, 3.63) is 47.8 Å². The minimum absolute atomic E-state index is 0.0242. The minimum atomic E-state index is -4.00. The van der Waals surface area contributed by atoms with Gasteiger partial charge in [0, 0.05) is 45.8 Å². The van der Waals surface area contributed by atoms with E-state index in [0.717, 1.165) is 48.8 Å². The van der Waals surface area contributed by atoms with Crippen molar-refractivity contribution in [2.75, 3.05) is 53.2 Å². The number of benzene rings is 2. The standard InChI is InChI=1S/C25H30FN3O6S/c1-33-22-7-5-20(26)14-24(22)36(31,32)29-8-2-3-19(16-29)25(30)28-11-9-27(10-12-28)15-18-4-6-21-23(13-18)35-17-34-21/h4-7,13-14,19H,2-3,8-12,15-17H2,1H3/t19-/m1/s1. The Bertz CT molecular complexity index is 1230. The number of methoxy groups -OCH3 is 1. The highest BCUT2D eigenvalue weighted by Crippen LogP contribution is 2.33. The van der Waals surface area contributed by atoms with Crippen molar-refractivity contribution in [2.45, 2.75) is 24.3 Å². The van der Waals surface area contributed by atoms with Crippen molar-refractivity contribution in [1.29, 1.82) is 0 Å². The molecule has 2 aromatic rings. The van der Waals surface area contributed by atoms with Crippen LogP contribution in [0.25, 0.3) is 0 Å². The van der Waals surface area contributed by atoms with E-state index >= 15 is 0 Å². The molecule has 36 heavy (non-hydrogen) atoms. The first kappa shape index (κ1) is 24.8. The van der Waals surface area contributed by atoms with Gasteiger partial charge >= 0.3 is 0 Å². The van der Waals surface area contributed by atoms with Gasteiger partial charge in [-0.3, -0.25) is 9.69 Å². The number of hydrogen-bond donors (Lipinski definition) is 0. The van der Waals surface area contributed by atoms with Crippen LogP contribution in [0, 0.1) is 11.7 Å². The number of nitrogens with zero attached hydrogens (tertiary/aromatic N) is 3. The number of ether oxygens (including phenoxy) is 3. The van der Waals surface area contributed by atoms with E-state index in [1.165, 1.54) is 17.5 Å². The van der Waals surface area contributed by atoms with Gasteiger partial charge in [0.1, 0.15) is 16.5 Å². The van der Waals surface area contributed by atoms with Crippen LogP contribution >= 0.6 is 0 Å². The van der Waals surface area contributed by atoms with E-state index in [-0.39, 0.29) is 36.4 Å². The summed E-state index contributed by atoms with van der Waals surface area (Å²) in [5.41, 5.74) is 1.12. The highest BCUT2D eigenvalue weighted by Gasteiger charge is 2.37. The summed E-state index contributed by atoms with van der Waals surface area (Å²) in [5, 5.41) is 0. The van der Waals surface area contributed by atoms with Gasteiger partial charge in [0.25, 0.3) is 0 Å². The Hall–Kier alpha value is -2.89. The van der Waals surface area contributed by atoms with Gasteiger partial charge < -0.3 is 19.1 Å². The van der Waals surface area contributed by atoms with Crippen LogP contribution in [0.2, 0.25) is 0 Å². The fourth-order valence-corrected chi connectivity index (χ4v) is 6.73. The van der Waals surface area contributed by atoms with Crippen molar-refractivity contribution >= 4 is 15.9 Å². The molecule has 3 heterocycles. The van der Waals surface area contributed by atoms with E-state index in [1.807, 2.05) is 23.1 Å². The number of hydrogen-bond acceptors (Lipinski definition) is 7. The maximum absolute atomic E-state index is 13.8. The molecule has 0 spiro atoms. The molecule has 0 unspecified atom stereocenters. The van der Waals surface area contributed by atoms with Crippen LogP contribution < -0.4 is 14.2 Å². The number of piperidine rings is 1. The third-order valence-electron chi connectivity index (χ3n) is 7.00. The first-order valence-electron chi connectivity index (χ1n) is 12.1. The predicted molar refractivity (Wildman–Crippen MR) is 129 cm³/mol. The molecule has 0 saturated carbocycles. The van der Waals surface area contributed by atoms with E-state index in [9.17, 15) is 17.6 Å². The Morgan fingerprint density at radius 1 is 1.06 bits per heavy atom. The van der Waals surface area contributed by atoms with Crippen LogP contribution in [0.15, 0.2) is 41.3 Å². The highest BCUT2D eigenvalue weighted by atomic mass is 32.2. The second-order valence-electron chi connectivity index (χ2n) is 9.29. The Labute approximate surface area is 210 Å². The lowest BCUT2D eigenvalue weighted by Gasteiger charge is -2.38. The lowest BCUT2D eigenvalue weighted by atomic mass is 9.97. The van der Waals surface area contributed by atoms with Crippen LogP contribution in [0.5, 0.6) is 17.2 Å². The zero-order chi connectivity index (χ0) is 25.3. The van der Waals surface area contributed by atoms with Gasteiger partial charge in [0.2, 0.25) is 22.7 Å². The number of amides is 1. The van der Waals surface area contributed by atoms with Gasteiger partial charge in [-0.2, -0.15) is 4.31 Å². The molecule has 0 aromatic heterocycles. The van der Waals surface area contributed by atoms with Crippen LogP contribution in [-0.2, 0) is 21.4 Å². The van der Waals surface area contributed by atoms with E-state index in [0.29, 0.717) is 25.9 Å². The van der Waals surface area contributed by atoms with Gasteiger partial charge in [0.15, 0.2) is 11.5 Å². The van der Waals surface area contributed by atoms with Crippen molar-refractivity contribution < 1.29 is 31.8 Å². The highest BCUT2D eigenvalue weighted by molar-refractivity contribution is 7.89. The van der Waals surface area contributed by atoms with Crippen molar-refractivity contribution in [3.63, 3.8) is 0 Å². The number of rotatable bonds is 6. The van der Waals surface area contributed by atoms with E-state index < -0.39 is 21.8 Å². The topological polar surface area (TPSA) is 88.6 Å². The average molecular weight is 520 g/mol. The monoisotopic (exact) mass is 519 g/mol. The lowest BCUT2D eigenvalue weighted by molar-refractivity contribution is -0.138. The number of fused-ring (bicyclic) bond motifs is 1. The Kier molecular flexibility index (Phi) is 7.05. The van der Waals surface area contributed by atoms with Crippen LogP contribution in [-0.4, -0.2) is 81.6 Å². The number of halogens is 1. The molecule has 0 N–H and O–H groups in total. The van der Waals surface area contributed by atoms with Crippen molar-refractivity contribution in [1.82, 2.24) is 14.1 Å². The quantitative estimate of drug-likeness (QED) is 0.579. The first-order chi connectivity index (χ1) is 17.3. The Morgan fingerprint density at radius 3 is 2.61 bits per heavy atom. The minimum Gasteiger partial charge on any atom is -0.495 e. The fourth-order valence-electron chi connectivity index (χ4n) is 5.04. The summed E-state index contributed by atoms with van der Waals surface area (Å²) in [4.78, 5) is 17.2. The number of carbonyl (C=O) groups excluding carboxylic acids is 1. The Balaban J connectivity index is 1.19. The summed E-state index contributed by atoms with van der Waals surface area (Å²) in [5.74, 6) is 0.501. The Morgan fingerprint density at radius 2 is 1.83 bits per heavy atom. The molecule has 1 amide bonds. The zero-order valence-electron chi connectivity index (χ0n) is 20.2. The summed E-state index contributed by atoms with van der Waals surface area (Å²) in [6.07, 6.45) is 1.19. The van der Waals surface area contributed by atoms with Crippen molar-refractivity contribution in [3.8, 4) is 17.2 Å². The largest absolute Gasteiger partial charge is 0.495 e. The van der Waals surface area contributed by atoms with Gasteiger partial charge in [-0.15, -0.1) is 0 Å². The summed E-state index contributed by atoms with van der Waals surface area (Å²) in [6, 6.07) is 9.36. The molecule has 0 radical (unpaired) electrons. The molecule has 9 nitrogen and oxygen atoms in total. The van der Waals surface area contributed by atoms with Gasteiger partial charge in [-0.05, 0) is 48.7 Å². The molecule has 0 aliphatic carbocycles. The van der Waals surface area contributed by atoms with Gasteiger partial charge in [-0.1, -0.05) is 6.07 Å². The molecule has 2 fully saturated rings. The van der Waals surface area contributed by atoms with Crippen LogP contribution in [0.3, 0.4) is 0 Å². The maximum Gasteiger partial charge on any atom is 0.246 e. The summed E-state index contributed by atoms with van der Waals surface area (Å²) >= 11 is 0. The molecule has 2 aromatic carbocycles. The normalized spacial score (nSPS) is 20.9. The summed E-state index contributed by atoms with van der Waals surface area (Å²) in [6.45, 7) is 4.01. The van der Waals surface area contributed by atoms with Crippen LogP contribution in [0.4, 0.5) is 4.39 Å². The zero-order valence-corrected chi connectivity index (χ0v) is 21.0. The summed E-state index contributed by atoms with van der Waals surface area (Å²) in [7, 11) is -2.65. The number of piperazine rings is 1. The molecule has 194 valence electrons. The SMILES string of the molecule is COc1ccc(F)cc1S(=O)(=O)N1CCC[C@@H](C(=O)N2CCN(Cc3ccc4c(c3)OCO4)CC2)C1. The molecule has 3 aliphatic rings. The third kappa shape index (κ3) is 5.00. The number of carbonyl (C=O) groups is 1. The molecule has 5 rings (SSSR count). The van der Waals surface area contributed by atoms with E-state index in [1.54, 1.807) is 0 Å². The maximum atomic E-state index is 13.8. The van der Waals surface area contributed by atoms with E-state index in [4.69, 9.17) is 14.2 Å². The molecule has 11 heteroatoms. The van der Waals surface area contributed by atoms with Gasteiger partial charge in [0.05, 0.1) is 13.0 Å². The third-order valence-corrected chi connectivity index (χ3v) is 8.89.